The Balaban J connectivity index is 0.000000451. The predicted octanol–water partition coefficient (Wildman–Crippen LogP) is 5.41. The molecule has 3 aliphatic carbocycles. The standard InChI is InChI=1S/3C19H23.3ClH.3Ti/c3*1-13-7-6-8-16(15(13)3)12-17-11-14(2)18-9-4-5-10-19(17)18;;;;;;/h3*6-8,11H,4-5,9-10,12H2,1-3H3;3*1H;;;/q3*-1;;;;3*+2/p-3. The van der Waals surface area contributed by atoms with Crippen LogP contribution in [0.1, 0.15) is 155 Å². The zero-order valence-corrected chi connectivity index (χ0v) is 46.6. The largest absolute Gasteiger partial charge is 2.00 e. The maximum Gasteiger partial charge on any atom is 2.00 e. The van der Waals surface area contributed by atoms with Crippen LogP contribution in [0.3, 0.4) is 0 Å². The molecule has 6 heteroatoms. The van der Waals surface area contributed by atoms with E-state index in [1.807, 2.05) is 0 Å². The average molecular weight is 1000 g/mol. The van der Waals surface area contributed by atoms with Crippen molar-refractivity contribution in [3.8, 4) is 0 Å². The van der Waals surface area contributed by atoms with Gasteiger partial charge in [-0.25, -0.2) is 0 Å². The van der Waals surface area contributed by atoms with E-state index in [9.17, 15) is 0 Å². The van der Waals surface area contributed by atoms with Crippen LogP contribution in [0.2, 0.25) is 0 Å². The monoisotopic (exact) mass is 1000 g/mol. The topological polar surface area (TPSA) is 0 Å². The molecule has 9 rings (SSSR count). The second kappa shape index (κ2) is 27.5. The molecule has 0 saturated carbocycles. The van der Waals surface area contributed by atoms with Crippen LogP contribution in [-0.4, -0.2) is 0 Å². The number of fused-ring (bicyclic) bond motifs is 3. The first-order valence-corrected chi connectivity index (χ1v) is 22.5. The van der Waals surface area contributed by atoms with Crippen molar-refractivity contribution in [1.82, 2.24) is 0 Å². The van der Waals surface area contributed by atoms with Gasteiger partial charge in [-0.3, -0.25) is 0 Å². The minimum Gasteiger partial charge on any atom is -1.00 e. The van der Waals surface area contributed by atoms with Crippen molar-refractivity contribution >= 4 is 0 Å². The summed E-state index contributed by atoms with van der Waals surface area (Å²) in [5.74, 6) is 0. The molecule has 0 bridgehead atoms. The van der Waals surface area contributed by atoms with Gasteiger partial charge in [0.1, 0.15) is 0 Å². The molecular formula is C57H69Cl3Ti3. The van der Waals surface area contributed by atoms with E-state index in [0.29, 0.717) is 0 Å². The zero-order valence-electron chi connectivity index (χ0n) is 39.7. The van der Waals surface area contributed by atoms with Gasteiger partial charge in [0.2, 0.25) is 0 Å². The van der Waals surface area contributed by atoms with E-state index >= 15 is 0 Å². The van der Waals surface area contributed by atoms with Gasteiger partial charge in [0.25, 0.3) is 0 Å². The molecule has 0 fully saturated rings. The summed E-state index contributed by atoms with van der Waals surface area (Å²) in [5.41, 5.74) is 32.4. The Morgan fingerprint density at radius 2 is 0.571 bits per heavy atom. The third kappa shape index (κ3) is 14.1. The van der Waals surface area contributed by atoms with Crippen LogP contribution in [0.4, 0.5) is 0 Å². The minimum atomic E-state index is 0. The fraction of sp³-hybridized carbons (Fsp3) is 0.421. The van der Waals surface area contributed by atoms with Crippen LogP contribution in [0.5, 0.6) is 0 Å². The van der Waals surface area contributed by atoms with Gasteiger partial charge in [-0.2, -0.15) is 68.3 Å². The van der Waals surface area contributed by atoms with Crippen LogP contribution in [0.25, 0.3) is 0 Å². The molecule has 0 nitrogen and oxygen atoms in total. The average Bonchev–Trinajstić information content (AvgIpc) is 3.83. The maximum atomic E-state index is 2.44. The molecule has 0 unspecified atom stereocenters. The van der Waals surface area contributed by atoms with E-state index in [2.05, 4.69) is 135 Å². The van der Waals surface area contributed by atoms with Gasteiger partial charge in [0.05, 0.1) is 0 Å². The number of benzene rings is 3. The Bertz CT molecular complexity index is 2090. The first-order valence-electron chi connectivity index (χ1n) is 22.5. The quantitative estimate of drug-likeness (QED) is 0.155. The van der Waals surface area contributed by atoms with Gasteiger partial charge in [0.15, 0.2) is 0 Å². The van der Waals surface area contributed by atoms with Crippen LogP contribution >= 0.6 is 0 Å². The Morgan fingerprint density at radius 1 is 0.333 bits per heavy atom. The molecule has 3 aliphatic rings. The van der Waals surface area contributed by atoms with Gasteiger partial charge < -0.3 is 37.2 Å². The molecule has 63 heavy (non-hydrogen) atoms. The number of aryl methyl sites for hydroxylation is 6. The van der Waals surface area contributed by atoms with Crippen molar-refractivity contribution in [2.45, 2.75) is 159 Å². The van der Waals surface area contributed by atoms with E-state index in [4.69, 9.17) is 0 Å². The summed E-state index contributed by atoms with van der Waals surface area (Å²) >= 11 is 0. The fourth-order valence-electron chi connectivity index (χ4n) is 10.5. The number of halogens is 3. The first kappa shape index (κ1) is 59.7. The third-order valence-corrected chi connectivity index (χ3v) is 14.5. The Morgan fingerprint density at radius 3 is 0.825 bits per heavy atom. The molecule has 0 aliphatic heterocycles. The van der Waals surface area contributed by atoms with Crippen molar-refractivity contribution in [3.05, 3.63) is 190 Å². The Hall–Kier alpha value is -1.28. The summed E-state index contributed by atoms with van der Waals surface area (Å²) in [6.07, 6.45) is 19.4. The van der Waals surface area contributed by atoms with E-state index in [1.54, 1.807) is 50.1 Å². The van der Waals surface area contributed by atoms with Gasteiger partial charge in [-0.1, -0.05) is 169 Å². The minimum absolute atomic E-state index is 0. The van der Waals surface area contributed by atoms with Gasteiger partial charge in [-0.15, -0.1) is 16.7 Å². The fourth-order valence-corrected chi connectivity index (χ4v) is 10.5. The smallest absolute Gasteiger partial charge is 1.00 e. The summed E-state index contributed by atoms with van der Waals surface area (Å²) < 4.78 is 0. The van der Waals surface area contributed by atoms with Crippen molar-refractivity contribution in [2.24, 2.45) is 0 Å². The van der Waals surface area contributed by atoms with Crippen molar-refractivity contribution < 1.29 is 102 Å². The first-order chi connectivity index (χ1) is 27.5. The zero-order chi connectivity index (χ0) is 40.2. The van der Waals surface area contributed by atoms with Gasteiger partial charge >= 0.3 is 65.2 Å². The normalized spacial score (nSPS) is 13.1. The van der Waals surface area contributed by atoms with Gasteiger partial charge in [0, 0.05) is 0 Å². The predicted molar refractivity (Wildman–Crippen MR) is 246 cm³/mol. The van der Waals surface area contributed by atoms with Crippen molar-refractivity contribution in [1.29, 1.82) is 0 Å². The second-order valence-electron chi connectivity index (χ2n) is 18.2. The molecule has 0 spiro atoms. The van der Waals surface area contributed by atoms with Gasteiger partial charge in [-0.05, 0) is 94.2 Å². The summed E-state index contributed by atoms with van der Waals surface area (Å²) in [5, 5.41) is 0. The maximum absolute atomic E-state index is 2.44. The molecule has 0 amide bonds. The van der Waals surface area contributed by atoms with Crippen molar-refractivity contribution in [3.63, 3.8) is 0 Å². The second-order valence-corrected chi connectivity index (χ2v) is 18.2. The molecular weight excluding hydrogens is 935 g/mol. The van der Waals surface area contributed by atoms with Crippen LogP contribution in [-0.2, 0) is 123 Å². The number of hydrogen-bond acceptors (Lipinski definition) is 0. The number of rotatable bonds is 6. The van der Waals surface area contributed by atoms with Crippen LogP contribution in [0, 0.1) is 62.3 Å². The molecule has 0 radical (unpaired) electrons. The van der Waals surface area contributed by atoms with E-state index in [0.717, 1.165) is 19.3 Å². The van der Waals surface area contributed by atoms with Crippen LogP contribution < -0.4 is 37.2 Å². The Labute approximate surface area is 446 Å². The summed E-state index contributed by atoms with van der Waals surface area (Å²) in [4.78, 5) is 0. The molecule has 6 aromatic carbocycles. The molecule has 330 valence electrons. The van der Waals surface area contributed by atoms with Crippen molar-refractivity contribution in [2.75, 3.05) is 0 Å². The molecule has 6 aromatic rings. The Kier molecular flexibility index (Phi) is 26.1. The summed E-state index contributed by atoms with van der Waals surface area (Å²) in [6.45, 7) is 20.3. The summed E-state index contributed by atoms with van der Waals surface area (Å²) in [6, 6.07) is 27.4. The SMILES string of the molecule is Cc1cccc(C[c-]2cc(C)c3c2CCCC3)c1C.Cc1cccc(C[c-]2cc(C)c3c2CCCC3)c1C.Cc1cccc(C[c-]2cc(C)c3c2CCCC3)c1C.[Cl-].[Cl-].[Cl-].[Ti+2].[Ti+2].[Ti+2]. The summed E-state index contributed by atoms with van der Waals surface area (Å²) in [7, 11) is 0. The molecule has 0 saturated heterocycles. The van der Waals surface area contributed by atoms with E-state index in [-0.39, 0.29) is 102 Å². The number of hydrogen-bond donors (Lipinski definition) is 0. The molecule has 0 aromatic heterocycles. The van der Waals surface area contributed by atoms with E-state index in [1.165, 1.54) is 144 Å². The molecule has 0 N–H and O–H groups in total. The van der Waals surface area contributed by atoms with E-state index < -0.39 is 0 Å². The van der Waals surface area contributed by atoms with Crippen LogP contribution in [0.15, 0.2) is 72.8 Å². The molecule has 0 atom stereocenters. The third-order valence-electron chi connectivity index (χ3n) is 14.5. The molecule has 0 heterocycles.